The number of morpholine rings is 1. The fraction of sp³-hybridized carbons (Fsp3) is 0.211. The molecule has 0 aliphatic carbocycles. The van der Waals surface area contributed by atoms with Crippen molar-refractivity contribution in [3.8, 4) is 0 Å². The van der Waals surface area contributed by atoms with Crippen LogP contribution >= 0.6 is 0 Å². The molecule has 1 aliphatic rings. The van der Waals surface area contributed by atoms with E-state index in [1.807, 2.05) is 53.4 Å². The molecule has 0 spiro atoms. The molecule has 0 bridgehead atoms. The van der Waals surface area contributed by atoms with Crippen molar-refractivity contribution in [2.45, 2.75) is 0 Å². The van der Waals surface area contributed by atoms with Crippen molar-refractivity contribution in [2.24, 2.45) is 0 Å². The van der Waals surface area contributed by atoms with E-state index in [-0.39, 0.29) is 5.91 Å². The van der Waals surface area contributed by atoms with Gasteiger partial charge in [0.05, 0.1) is 18.7 Å². The average Bonchev–Trinajstić information content (AvgIpc) is 2.69. The number of rotatable bonds is 3. The third-order valence-electron chi connectivity index (χ3n) is 4.21. The summed E-state index contributed by atoms with van der Waals surface area (Å²) < 4.78 is 5.31. The molecule has 1 amide bonds. The minimum Gasteiger partial charge on any atom is -0.378 e. The molecule has 1 aromatic heterocycles. The summed E-state index contributed by atoms with van der Waals surface area (Å²) in [6, 6.07) is 15.3. The Morgan fingerprint density at radius 2 is 1.88 bits per heavy atom. The minimum atomic E-state index is 0.0273. The van der Waals surface area contributed by atoms with Crippen molar-refractivity contribution in [1.82, 2.24) is 14.9 Å². The summed E-state index contributed by atoms with van der Waals surface area (Å²) in [4.78, 5) is 23.1. The van der Waals surface area contributed by atoms with E-state index in [4.69, 9.17) is 4.74 Å². The Bertz CT molecular complexity index is 901. The molecular formula is C19H18N4O2. The Balaban J connectivity index is 1.60. The van der Waals surface area contributed by atoms with Crippen LogP contribution in [0.25, 0.3) is 10.9 Å². The third kappa shape index (κ3) is 3.29. The molecule has 0 radical (unpaired) electrons. The Hall–Kier alpha value is -2.99. The second-order valence-corrected chi connectivity index (χ2v) is 5.85. The molecule has 1 N–H and O–H groups in total. The quantitative estimate of drug-likeness (QED) is 0.798. The van der Waals surface area contributed by atoms with E-state index < -0.39 is 0 Å². The van der Waals surface area contributed by atoms with E-state index in [1.165, 1.54) is 6.33 Å². The predicted octanol–water partition coefficient (Wildman–Crippen LogP) is 2.85. The van der Waals surface area contributed by atoms with Gasteiger partial charge in [0.2, 0.25) is 0 Å². The molecule has 1 fully saturated rings. The molecular weight excluding hydrogens is 316 g/mol. The van der Waals surface area contributed by atoms with Crippen LogP contribution in [0.3, 0.4) is 0 Å². The third-order valence-corrected chi connectivity index (χ3v) is 4.21. The molecule has 3 aromatic rings. The van der Waals surface area contributed by atoms with E-state index in [0.717, 1.165) is 22.4 Å². The molecule has 126 valence electrons. The highest BCUT2D eigenvalue weighted by atomic mass is 16.5. The normalized spacial score (nSPS) is 14.5. The summed E-state index contributed by atoms with van der Waals surface area (Å²) in [5, 5.41) is 4.24. The second-order valence-electron chi connectivity index (χ2n) is 5.85. The van der Waals surface area contributed by atoms with Gasteiger partial charge in [0.1, 0.15) is 12.1 Å². The van der Waals surface area contributed by atoms with Crippen LogP contribution in [0.2, 0.25) is 0 Å². The number of nitrogens with zero attached hydrogens (tertiary/aromatic N) is 3. The van der Waals surface area contributed by atoms with Gasteiger partial charge in [-0.15, -0.1) is 0 Å². The molecule has 0 unspecified atom stereocenters. The lowest BCUT2D eigenvalue weighted by atomic mass is 10.1. The van der Waals surface area contributed by atoms with Crippen LogP contribution in [0, 0.1) is 0 Å². The number of hydrogen-bond donors (Lipinski definition) is 1. The number of hydrogen-bond acceptors (Lipinski definition) is 5. The molecule has 1 aliphatic heterocycles. The molecule has 4 rings (SSSR count). The smallest absolute Gasteiger partial charge is 0.254 e. The number of para-hydroxylation sites is 1. The molecule has 0 atom stereocenters. The van der Waals surface area contributed by atoms with Crippen LogP contribution in [0.5, 0.6) is 0 Å². The van der Waals surface area contributed by atoms with Gasteiger partial charge in [0.15, 0.2) is 0 Å². The van der Waals surface area contributed by atoms with E-state index in [0.29, 0.717) is 31.9 Å². The zero-order valence-electron chi connectivity index (χ0n) is 13.7. The zero-order valence-corrected chi connectivity index (χ0v) is 13.7. The van der Waals surface area contributed by atoms with Gasteiger partial charge in [-0.1, -0.05) is 18.2 Å². The van der Waals surface area contributed by atoms with Gasteiger partial charge in [0.25, 0.3) is 5.91 Å². The van der Waals surface area contributed by atoms with Crippen molar-refractivity contribution in [3.63, 3.8) is 0 Å². The Morgan fingerprint density at radius 1 is 1.04 bits per heavy atom. The SMILES string of the molecule is O=C(c1cccc(Nc2ncnc3ccccc23)c1)N1CCOCC1. The molecule has 6 heteroatoms. The van der Waals surface area contributed by atoms with E-state index >= 15 is 0 Å². The molecule has 0 saturated carbocycles. The van der Waals surface area contributed by atoms with Crippen LogP contribution in [-0.4, -0.2) is 47.1 Å². The summed E-state index contributed by atoms with van der Waals surface area (Å²) in [7, 11) is 0. The van der Waals surface area contributed by atoms with Gasteiger partial charge in [-0.25, -0.2) is 9.97 Å². The first-order chi connectivity index (χ1) is 12.3. The fourth-order valence-corrected chi connectivity index (χ4v) is 2.92. The monoisotopic (exact) mass is 334 g/mol. The van der Waals surface area contributed by atoms with E-state index in [9.17, 15) is 4.79 Å². The van der Waals surface area contributed by atoms with Gasteiger partial charge in [-0.05, 0) is 30.3 Å². The highest BCUT2D eigenvalue weighted by Gasteiger charge is 2.18. The summed E-state index contributed by atoms with van der Waals surface area (Å²) in [5.41, 5.74) is 2.36. The van der Waals surface area contributed by atoms with Gasteiger partial charge in [-0.2, -0.15) is 0 Å². The fourth-order valence-electron chi connectivity index (χ4n) is 2.92. The van der Waals surface area contributed by atoms with Gasteiger partial charge in [0, 0.05) is 29.7 Å². The number of nitrogens with one attached hydrogen (secondary N) is 1. The average molecular weight is 334 g/mol. The number of fused-ring (bicyclic) bond motifs is 1. The maximum atomic E-state index is 12.6. The number of aromatic nitrogens is 2. The largest absolute Gasteiger partial charge is 0.378 e. The summed E-state index contributed by atoms with van der Waals surface area (Å²) >= 11 is 0. The molecule has 2 heterocycles. The molecule has 6 nitrogen and oxygen atoms in total. The first-order valence-corrected chi connectivity index (χ1v) is 8.25. The predicted molar refractivity (Wildman–Crippen MR) is 96.0 cm³/mol. The van der Waals surface area contributed by atoms with Crippen molar-refractivity contribution in [2.75, 3.05) is 31.6 Å². The van der Waals surface area contributed by atoms with Crippen LogP contribution in [0.1, 0.15) is 10.4 Å². The van der Waals surface area contributed by atoms with Crippen LogP contribution < -0.4 is 5.32 Å². The van der Waals surface area contributed by atoms with Crippen LogP contribution in [0.15, 0.2) is 54.9 Å². The highest BCUT2D eigenvalue weighted by Crippen LogP contribution is 2.23. The first-order valence-electron chi connectivity index (χ1n) is 8.25. The lowest BCUT2D eigenvalue weighted by Crippen LogP contribution is -2.40. The number of amides is 1. The molecule has 25 heavy (non-hydrogen) atoms. The number of carbonyl (C=O) groups excluding carboxylic acids is 1. The number of carbonyl (C=O) groups is 1. The van der Waals surface area contributed by atoms with Crippen molar-refractivity contribution in [1.29, 1.82) is 0 Å². The Kier molecular flexibility index (Phi) is 4.26. The standard InChI is InChI=1S/C19H18N4O2/c24-19(23-8-10-25-11-9-23)14-4-3-5-15(12-14)22-18-16-6-1-2-7-17(16)20-13-21-18/h1-7,12-13H,8-11H2,(H,20,21,22). The minimum absolute atomic E-state index is 0.0273. The molecule has 1 saturated heterocycles. The summed E-state index contributed by atoms with van der Waals surface area (Å²) in [6.07, 6.45) is 1.54. The number of benzene rings is 2. The Labute approximate surface area is 145 Å². The lowest BCUT2D eigenvalue weighted by molar-refractivity contribution is 0.0303. The van der Waals surface area contributed by atoms with E-state index in [2.05, 4.69) is 15.3 Å². The maximum absolute atomic E-state index is 12.6. The number of anilines is 2. The highest BCUT2D eigenvalue weighted by molar-refractivity contribution is 5.96. The maximum Gasteiger partial charge on any atom is 0.254 e. The zero-order chi connectivity index (χ0) is 17.1. The molecule has 2 aromatic carbocycles. The van der Waals surface area contributed by atoms with E-state index in [1.54, 1.807) is 0 Å². The van der Waals surface area contributed by atoms with Gasteiger partial charge < -0.3 is 15.0 Å². The van der Waals surface area contributed by atoms with Crippen molar-refractivity contribution < 1.29 is 9.53 Å². The van der Waals surface area contributed by atoms with Gasteiger partial charge >= 0.3 is 0 Å². The summed E-state index contributed by atoms with van der Waals surface area (Å²) in [5.74, 6) is 0.751. The van der Waals surface area contributed by atoms with Crippen molar-refractivity contribution in [3.05, 3.63) is 60.4 Å². The van der Waals surface area contributed by atoms with Crippen LogP contribution in [-0.2, 0) is 4.74 Å². The van der Waals surface area contributed by atoms with Crippen LogP contribution in [0.4, 0.5) is 11.5 Å². The number of ether oxygens (including phenoxy) is 1. The topological polar surface area (TPSA) is 67.4 Å². The summed E-state index contributed by atoms with van der Waals surface area (Å²) in [6.45, 7) is 2.45. The first kappa shape index (κ1) is 15.5. The van der Waals surface area contributed by atoms with Gasteiger partial charge in [-0.3, -0.25) is 4.79 Å². The second kappa shape index (κ2) is 6.86. The Morgan fingerprint density at radius 3 is 2.76 bits per heavy atom. The van der Waals surface area contributed by atoms with Crippen molar-refractivity contribution >= 4 is 28.3 Å². The lowest BCUT2D eigenvalue weighted by Gasteiger charge is -2.27.